The van der Waals surface area contributed by atoms with E-state index in [4.69, 9.17) is 0 Å². The molecule has 1 aliphatic heterocycles. The fraction of sp³-hybridized carbons (Fsp3) is 0.286. The molecule has 0 aliphatic carbocycles. The lowest BCUT2D eigenvalue weighted by Gasteiger charge is -2.26. The van der Waals surface area contributed by atoms with Crippen LogP contribution < -0.4 is 5.32 Å². The van der Waals surface area contributed by atoms with E-state index in [0.29, 0.717) is 11.2 Å². The Kier molecular flexibility index (Phi) is 4.91. The molecule has 31 heavy (non-hydrogen) atoms. The van der Waals surface area contributed by atoms with Gasteiger partial charge in [-0.25, -0.2) is 13.9 Å². The van der Waals surface area contributed by atoms with Crippen LogP contribution in [0.3, 0.4) is 0 Å². The number of aromatic nitrogens is 3. The molecular weight excluding hydrogens is 403 g/mol. The minimum absolute atomic E-state index is 0.103. The zero-order chi connectivity index (χ0) is 22.3. The van der Waals surface area contributed by atoms with Crippen molar-refractivity contribution in [3.05, 3.63) is 59.0 Å². The van der Waals surface area contributed by atoms with E-state index in [-0.39, 0.29) is 35.5 Å². The van der Waals surface area contributed by atoms with Crippen LogP contribution in [0.25, 0.3) is 5.65 Å². The number of benzene rings is 1. The molecule has 1 atom stereocenters. The summed E-state index contributed by atoms with van der Waals surface area (Å²) in [5, 5.41) is 26.1. The number of nitrogens with one attached hydrogen (secondary N) is 1. The molecule has 10 heteroatoms. The largest absolute Gasteiger partial charge is 0.387 e. The molecule has 0 bridgehead atoms. The van der Waals surface area contributed by atoms with Crippen molar-refractivity contribution in [3.8, 4) is 6.07 Å². The maximum absolute atomic E-state index is 14.3. The predicted molar refractivity (Wildman–Crippen MR) is 108 cm³/mol. The van der Waals surface area contributed by atoms with Crippen LogP contribution in [0.15, 0.2) is 36.8 Å². The number of carbonyl (C=O) groups excluding carboxylic acids is 2. The minimum atomic E-state index is -1.64. The Morgan fingerprint density at radius 1 is 1.45 bits per heavy atom. The van der Waals surface area contributed by atoms with Gasteiger partial charge in [0.15, 0.2) is 5.65 Å². The van der Waals surface area contributed by atoms with E-state index in [1.54, 1.807) is 18.3 Å². The average molecular weight is 422 g/mol. The van der Waals surface area contributed by atoms with Crippen molar-refractivity contribution in [2.24, 2.45) is 0 Å². The molecule has 4 rings (SSSR count). The summed E-state index contributed by atoms with van der Waals surface area (Å²) in [7, 11) is 0. The molecule has 0 unspecified atom stereocenters. The second kappa shape index (κ2) is 7.45. The highest BCUT2D eigenvalue weighted by atomic mass is 19.1. The van der Waals surface area contributed by atoms with Crippen molar-refractivity contribution < 1.29 is 19.1 Å². The number of nitrogens with zero attached hydrogens (tertiary/aromatic N) is 5. The van der Waals surface area contributed by atoms with E-state index in [2.05, 4.69) is 15.4 Å². The number of anilines is 1. The van der Waals surface area contributed by atoms with E-state index in [9.17, 15) is 24.3 Å². The van der Waals surface area contributed by atoms with E-state index < -0.39 is 23.6 Å². The molecule has 2 amide bonds. The molecular formula is C21H19FN6O3. The van der Waals surface area contributed by atoms with Crippen molar-refractivity contribution in [1.29, 1.82) is 5.26 Å². The molecule has 158 valence electrons. The van der Waals surface area contributed by atoms with E-state index in [1.807, 2.05) is 6.07 Å². The number of alkyl halides is 1. The zero-order valence-corrected chi connectivity index (χ0v) is 16.8. The highest BCUT2D eigenvalue weighted by Crippen LogP contribution is 2.30. The van der Waals surface area contributed by atoms with Crippen molar-refractivity contribution in [2.75, 3.05) is 11.9 Å². The Hall–Kier alpha value is -3.84. The number of hydrogen-bond donors (Lipinski definition) is 2. The van der Waals surface area contributed by atoms with Crippen LogP contribution in [-0.2, 0) is 6.54 Å². The smallest absolute Gasteiger partial charge is 0.261 e. The lowest BCUT2D eigenvalue weighted by molar-refractivity contribution is -0.0159. The highest BCUT2D eigenvalue weighted by Gasteiger charge is 2.35. The third-order valence-electron chi connectivity index (χ3n) is 5.16. The molecule has 1 aromatic carbocycles. The summed E-state index contributed by atoms with van der Waals surface area (Å²) in [6.45, 7) is 2.50. The number of nitriles is 1. The van der Waals surface area contributed by atoms with Gasteiger partial charge in [-0.3, -0.25) is 9.59 Å². The number of carbonyl (C=O) groups is 2. The summed E-state index contributed by atoms with van der Waals surface area (Å²) in [5.74, 6) is -0.930. The molecule has 9 nitrogen and oxygen atoms in total. The molecule has 3 heterocycles. The first-order chi connectivity index (χ1) is 14.7. The maximum atomic E-state index is 14.3. The van der Waals surface area contributed by atoms with Crippen LogP contribution in [0.2, 0.25) is 0 Å². The predicted octanol–water partition coefficient (Wildman–Crippen LogP) is 1.92. The fourth-order valence-electron chi connectivity index (χ4n) is 3.36. The van der Waals surface area contributed by atoms with Crippen LogP contribution in [0, 0.1) is 11.3 Å². The molecule has 0 radical (unpaired) electrons. The van der Waals surface area contributed by atoms with E-state index >= 15 is 0 Å². The number of rotatable bonds is 5. The normalized spacial score (nSPS) is 14.4. The van der Waals surface area contributed by atoms with E-state index in [0.717, 1.165) is 0 Å². The van der Waals surface area contributed by atoms with Gasteiger partial charge in [0.05, 0.1) is 29.6 Å². The van der Waals surface area contributed by atoms with Gasteiger partial charge in [0.2, 0.25) is 0 Å². The molecule has 1 aliphatic rings. The van der Waals surface area contributed by atoms with Crippen LogP contribution in [-0.4, -0.2) is 54.7 Å². The monoisotopic (exact) mass is 422 g/mol. The quantitative estimate of drug-likeness (QED) is 0.647. The Bertz CT molecular complexity index is 1240. The Morgan fingerprint density at radius 3 is 2.94 bits per heavy atom. The van der Waals surface area contributed by atoms with Gasteiger partial charge in [-0.1, -0.05) is 0 Å². The molecule has 0 saturated carbocycles. The van der Waals surface area contributed by atoms with Gasteiger partial charge in [0.25, 0.3) is 11.8 Å². The minimum Gasteiger partial charge on any atom is -0.387 e. The summed E-state index contributed by atoms with van der Waals surface area (Å²) in [4.78, 5) is 30.8. The Morgan fingerprint density at radius 2 is 2.23 bits per heavy atom. The number of aliphatic hydroxyl groups is 1. The molecule has 2 N–H and O–H groups in total. The number of hydrogen-bond acceptors (Lipinski definition) is 6. The number of fused-ring (bicyclic) bond motifs is 2. The highest BCUT2D eigenvalue weighted by molar-refractivity contribution is 6.09. The van der Waals surface area contributed by atoms with E-state index in [1.165, 1.54) is 41.7 Å². The fourth-order valence-corrected chi connectivity index (χ4v) is 3.36. The Labute approximate surface area is 176 Å². The van der Waals surface area contributed by atoms with Gasteiger partial charge in [-0.15, -0.1) is 0 Å². The second-order valence-electron chi connectivity index (χ2n) is 7.87. The zero-order valence-electron chi connectivity index (χ0n) is 16.8. The average Bonchev–Trinajstić information content (AvgIpc) is 3.28. The van der Waals surface area contributed by atoms with Crippen molar-refractivity contribution in [1.82, 2.24) is 19.5 Å². The standard InChI is InChI=1S/C21H19FN6O3/c1-21(2,31)17(22)11-27-10-13-7-16(12(8-23)6-14(13)20(27)30)26-19(29)15-9-25-28-5-3-4-24-18(15)28/h3-7,9,17,31H,10-11H2,1-2H3,(H,26,29)/t17-/m1/s1. The summed E-state index contributed by atoms with van der Waals surface area (Å²) < 4.78 is 15.7. The van der Waals surface area contributed by atoms with Gasteiger partial charge in [0, 0.05) is 24.5 Å². The van der Waals surface area contributed by atoms with Crippen molar-refractivity contribution in [3.63, 3.8) is 0 Å². The lowest BCUT2D eigenvalue weighted by Crippen LogP contribution is -2.42. The molecule has 0 saturated heterocycles. The lowest BCUT2D eigenvalue weighted by atomic mass is 10.0. The molecule has 3 aromatic rings. The summed E-state index contributed by atoms with van der Waals surface area (Å²) in [6.07, 6.45) is 2.93. The maximum Gasteiger partial charge on any atom is 0.261 e. The van der Waals surface area contributed by atoms with Gasteiger partial charge in [-0.2, -0.15) is 10.4 Å². The third kappa shape index (κ3) is 3.71. The van der Waals surface area contributed by atoms with Crippen LogP contribution in [0.5, 0.6) is 0 Å². The topological polar surface area (TPSA) is 124 Å². The first-order valence-electron chi connectivity index (χ1n) is 9.51. The SMILES string of the molecule is CC(C)(O)[C@H](F)CN1Cc2cc(NC(=O)c3cnn4cccnc34)c(C#N)cc2C1=O. The van der Waals surface area contributed by atoms with Crippen molar-refractivity contribution in [2.45, 2.75) is 32.2 Å². The number of halogens is 1. The second-order valence-corrected chi connectivity index (χ2v) is 7.87. The molecule has 0 spiro atoms. The van der Waals surface area contributed by atoms with Gasteiger partial charge in [-0.05, 0) is 37.6 Å². The van der Waals surface area contributed by atoms with Gasteiger partial charge in [0.1, 0.15) is 17.8 Å². The molecule has 2 aromatic heterocycles. The van der Waals surface area contributed by atoms with Crippen LogP contribution in [0.1, 0.15) is 45.7 Å². The van der Waals surface area contributed by atoms with Crippen molar-refractivity contribution >= 4 is 23.1 Å². The summed E-state index contributed by atoms with van der Waals surface area (Å²) >= 11 is 0. The Balaban J connectivity index is 1.60. The van der Waals surface area contributed by atoms with Crippen LogP contribution in [0.4, 0.5) is 10.1 Å². The van der Waals surface area contributed by atoms with Crippen LogP contribution >= 0.6 is 0 Å². The first-order valence-corrected chi connectivity index (χ1v) is 9.51. The number of amides is 2. The molecule has 0 fully saturated rings. The summed E-state index contributed by atoms with van der Waals surface area (Å²) in [6, 6.07) is 6.59. The first kappa shape index (κ1) is 20.4. The van der Waals surface area contributed by atoms with Gasteiger partial charge < -0.3 is 15.3 Å². The third-order valence-corrected chi connectivity index (χ3v) is 5.16. The summed E-state index contributed by atoms with van der Waals surface area (Å²) in [5.41, 5.74) is 0.167. The van der Waals surface area contributed by atoms with Gasteiger partial charge >= 0.3 is 0 Å².